The van der Waals surface area contributed by atoms with Gasteiger partial charge in [-0.1, -0.05) is 31.1 Å². The van der Waals surface area contributed by atoms with Crippen molar-refractivity contribution in [3.8, 4) is 0 Å². The van der Waals surface area contributed by atoms with Gasteiger partial charge in [-0.3, -0.25) is 9.59 Å². The highest BCUT2D eigenvalue weighted by Gasteiger charge is 2.10. The molecule has 0 bridgehead atoms. The van der Waals surface area contributed by atoms with E-state index in [4.69, 9.17) is 4.74 Å². The van der Waals surface area contributed by atoms with Crippen molar-refractivity contribution in [1.82, 2.24) is 5.32 Å². The van der Waals surface area contributed by atoms with Crippen LogP contribution in [0.25, 0.3) is 0 Å². The largest absolute Gasteiger partial charge is 0.466 e. The van der Waals surface area contributed by atoms with Crippen LogP contribution in [0.3, 0.4) is 0 Å². The predicted molar refractivity (Wildman–Crippen MR) is 83.7 cm³/mol. The second-order valence-electron chi connectivity index (χ2n) is 5.34. The molecule has 4 nitrogen and oxygen atoms in total. The average molecular weight is 293 g/mol. The van der Waals surface area contributed by atoms with E-state index >= 15 is 0 Å². The van der Waals surface area contributed by atoms with Crippen LogP contribution in [-0.2, 0) is 14.3 Å². The summed E-state index contributed by atoms with van der Waals surface area (Å²) in [5.41, 5.74) is 0. The van der Waals surface area contributed by atoms with Crippen molar-refractivity contribution < 1.29 is 14.3 Å². The highest BCUT2D eigenvalue weighted by atomic mass is 16.5. The molecule has 0 aliphatic heterocycles. The molecule has 0 atom stereocenters. The number of nitrogens with one attached hydrogen (secondary N) is 1. The Bertz CT molecular complexity index is 368. The van der Waals surface area contributed by atoms with Gasteiger partial charge < -0.3 is 10.1 Å². The fourth-order valence-corrected chi connectivity index (χ4v) is 2.41. The normalized spacial score (nSPS) is 15.9. The number of unbranched alkanes of at least 4 members (excludes halogenated alkanes) is 1. The SMILES string of the molecule is CCOC(=O)CCCCNC(=O)/C=C/C=C\C1CCCC1. The lowest BCUT2D eigenvalue weighted by atomic mass is 10.1. The Morgan fingerprint density at radius 3 is 2.67 bits per heavy atom. The monoisotopic (exact) mass is 293 g/mol. The minimum Gasteiger partial charge on any atom is -0.466 e. The summed E-state index contributed by atoms with van der Waals surface area (Å²) in [4.78, 5) is 22.6. The maximum atomic E-state index is 11.5. The first-order valence-corrected chi connectivity index (χ1v) is 8.00. The van der Waals surface area contributed by atoms with Crippen LogP contribution in [0.4, 0.5) is 0 Å². The van der Waals surface area contributed by atoms with Gasteiger partial charge in [-0.05, 0) is 38.5 Å². The Hall–Kier alpha value is -1.58. The van der Waals surface area contributed by atoms with Gasteiger partial charge in [0.1, 0.15) is 0 Å². The fraction of sp³-hybridized carbons (Fsp3) is 0.647. The van der Waals surface area contributed by atoms with E-state index in [0.717, 1.165) is 12.8 Å². The van der Waals surface area contributed by atoms with Crippen molar-refractivity contribution >= 4 is 11.9 Å². The Kier molecular flexibility index (Phi) is 9.25. The van der Waals surface area contributed by atoms with Gasteiger partial charge in [-0.15, -0.1) is 0 Å². The minimum atomic E-state index is -0.166. The molecule has 1 N–H and O–H groups in total. The Morgan fingerprint density at radius 1 is 1.19 bits per heavy atom. The van der Waals surface area contributed by atoms with Gasteiger partial charge >= 0.3 is 5.97 Å². The highest BCUT2D eigenvalue weighted by molar-refractivity contribution is 5.87. The summed E-state index contributed by atoms with van der Waals surface area (Å²) in [5.74, 6) is 0.448. The standard InChI is InChI=1S/C17H27NO3/c1-2-21-17(20)13-7-8-14-18-16(19)12-6-5-11-15-9-3-4-10-15/h5-6,11-12,15H,2-4,7-10,13-14H2,1H3,(H,18,19)/b11-5-,12-6+. The molecule has 0 radical (unpaired) electrons. The molecular formula is C17H27NO3. The molecular weight excluding hydrogens is 266 g/mol. The van der Waals surface area contributed by atoms with Gasteiger partial charge in [0, 0.05) is 19.0 Å². The Morgan fingerprint density at radius 2 is 1.95 bits per heavy atom. The Labute approximate surface area is 127 Å². The number of hydrogen-bond donors (Lipinski definition) is 1. The number of carbonyl (C=O) groups is 2. The molecule has 118 valence electrons. The third-order valence-corrected chi connectivity index (χ3v) is 3.55. The van der Waals surface area contributed by atoms with E-state index in [-0.39, 0.29) is 11.9 Å². The van der Waals surface area contributed by atoms with Gasteiger partial charge in [0.2, 0.25) is 5.91 Å². The molecule has 1 amide bonds. The number of carbonyl (C=O) groups excluding carboxylic acids is 2. The number of rotatable bonds is 9. The van der Waals surface area contributed by atoms with Crippen LogP contribution in [0.2, 0.25) is 0 Å². The summed E-state index contributed by atoms with van der Waals surface area (Å²) < 4.78 is 4.83. The maximum absolute atomic E-state index is 11.5. The third-order valence-electron chi connectivity index (χ3n) is 3.55. The van der Waals surface area contributed by atoms with Gasteiger partial charge in [0.15, 0.2) is 0 Å². The molecule has 0 saturated heterocycles. The first kappa shape index (κ1) is 17.5. The van der Waals surface area contributed by atoms with Crippen molar-refractivity contribution in [1.29, 1.82) is 0 Å². The van der Waals surface area contributed by atoms with Crippen LogP contribution in [0.1, 0.15) is 51.9 Å². The van der Waals surface area contributed by atoms with Crippen molar-refractivity contribution in [2.75, 3.05) is 13.2 Å². The van der Waals surface area contributed by atoms with Gasteiger partial charge in [-0.2, -0.15) is 0 Å². The molecule has 21 heavy (non-hydrogen) atoms. The van der Waals surface area contributed by atoms with E-state index in [1.807, 2.05) is 6.08 Å². The number of hydrogen-bond acceptors (Lipinski definition) is 3. The molecule has 1 fully saturated rings. The molecule has 1 aliphatic carbocycles. The lowest BCUT2D eigenvalue weighted by molar-refractivity contribution is -0.143. The molecule has 1 aliphatic rings. The molecule has 0 heterocycles. The van der Waals surface area contributed by atoms with Crippen LogP contribution in [-0.4, -0.2) is 25.0 Å². The van der Waals surface area contributed by atoms with Crippen molar-refractivity contribution in [2.24, 2.45) is 5.92 Å². The van der Waals surface area contributed by atoms with Crippen LogP contribution in [0, 0.1) is 5.92 Å². The first-order valence-electron chi connectivity index (χ1n) is 8.00. The van der Waals surface area contributed by atoms with Crippen molar-refractivity contribution in [2.45, 2.75) is 51.9 Å². The smallest absolute Gasteiger partial charge is 0.305 e. The molecule has 0 aromatic rings. The number of ether oxygens (including phenoxy) is 1. The Balaban J connectivity index is 2.01. The molecule has 4 heteroatoms. The van der Waals surface area contributed by atoms with E-state index < -0.39 is 0 Å². The molecule has 1 saturated carbocycles. The second kappa shape index (κ2) is 11.1. The van der Waals surface area contributed by atoms with E-state index in [0.29, 0.717) is 25.5 Å². The maximum Gasteiger partial charge on any atom is 0.305 e. The summed E-state index contributed by atoms with van der Waals surface area (Å²) in [6.07, 6.45) is 14.7. The van der Waals surface area contributed by atoms with Gasteiger partial charge in [0.05, 0.1) is 6.61 Å². The van der Waals surface area contributed by atoms with Gasteiger partial charge in [0.25, 0.3) is 0 Å². The quantitative estimate of drug-likeness (QED) is 0.307. The summed E-state index contributed by atoms with van der Waals surface area (Å²) >= 11 is 0. The number of esters is 1. The van der Waals surface area contributed by atoms with E-state index in [1.54, 1.807) is 19.1 Å². The summed E-state index contributed by atoms with van der Waals surface area (Å²) in [7, 11) is 0. The topological polar surface area (TPSA) is 55.4 Å². The second-order valence-corrected chi connectivity index (χ2v) is 5.34. The zero-order chi connectivity index (χ0) is 15.3. The van der Waals surface area contributed by atoms with E-state index in [2.05, 4.69) is 11.4 Å². The minimum absolute atomic E-state index is 0.0813. The molecule has 0 spiro atoms. The molecule has 0 aromatic carbocycles. The molecule has 1 rings (SSSR count). The van der Waals surface area contributed by atoms with Gasteiger partial charge in [-0.25, -0.2) is 0 Å². The van der Waals surface area contributed by atoms with E-state index in [9.17, 15) is 9.59 Å². The summed E-state index contributed by atoms with van der Waals surface area (Å²) in [6.45, 7) is 2.81. The number of amides is 1. The lowest BCUT2D eigenvalue weighted by Gasteiger charge is -2.02. The fourth-order valence-electron chi connectivity index (χ4n) is 2.41. The zero-order valence-corrected chi connectivity index (χ0v) is 13.0. The number of allylic oxidation sites excluding steroid dienone is 3. The summed E-state index contributed by atoms with van der Waals surface area (Å²) in [5, 5.41) is 2.81. The highest BCUT2D eigenvalue weighted by Crippen LogP contribution is 2.25. The van der Waals surface area contributed by atoms with E-state index in [1.165, 1.54) is 25.7 Å². The van der Waals surface area contributed by atoms with Crippen LogP contribution in [0.5, 0.6) is 0 Å². The van der Waals surface area contributed by atoms with Crippen molar-refractivity contribution in [3.05, 3.63) is 24.3 Å². The molecule has 0 unspecified atom stereocenters. The van der Waals surface area contributed by atoms with Crippen molar-refractivity contribution in [3.63, 3.8) is 0 Å². The summed E-state index contributed by atoms with van der Waals surface area (Å²) in [6, 6.07) is 0. The lowest BCUT2D eigenvalue weighted by Crippen LogP contribution is -2.22. The van der Waals surface area contributed by atoms with Crippen LogP contribution in [0.15, 0.2) is 24.3 Å². The first-order chi connectivity index (χ1) is 10.2. The zero-order valence-electron chi connectivity index (χ0n) is 13.0. The third kappa shape index (κ3) is 9.05. The average Bonchev–Trinajstić information content (AvgIpc) is 2.97. The predicted octanol–water partition coefficient (Wildman–Crippen LogP) is 3.14. The van der Waals surface area contributed by atoms with Crippen LogP contribution < -0.4 is 5.32 Å². The molecule has 0 aromatic heterocycles. The van der Waals surface area contributed by atoms with Crippen LogP contribution >= 0.6 is 0 Å².